The summed E-state index contributed by atoms with van der Waals surface area (Å²) < 4.78 is 5.50. The minimum Gasteiger partial charge on any atom is -0.466 e. The normalized spacial score (nSPS) is 12.6. The van der Waals surface area contributed by atoms with Crippen LogP contribution in [0.1, 0.15) is 373 Å². The first-order valence-corrected chi connectivity index (χ1v) is 33.6. The van der Waals surface area contributed by atoms with Crippen LogP contribution in [0.4, 0.5) is 0 Å². The summed E-state index contributed by atoms with van der Waals surface area (Å²) in [5, 5.41) is 23.0. The van der Waals surface area contributed by atoms with Crippen LogP contribution in [-0.4, -0.2) is 47.4 Å². The van der Waals surface area contributed by atoms with E-state index < -0.39 is 12.1 Å². The number of amides is 1. The first-order chi connectivity index (χ1) is 36.5. The molecule has 0 aliphatic rings. The van der Waals surface area contributed by atoms with Gasteiger partial charge in [-0.25, -0.2) is 0 Å². The fourth-order valence-corrected chi connectivity index (χ4v) is 10.6. The molecule has 0 aromatic rings. The number of unbranched alkanes of at least 4 members (excludes halogenated alkanes) is 50. The van der Waals surface area contributed by atoms with E-state index in [-0.39, 0.29) is 18.5 Å². The standard InChI is InChI=1S/C68H131NO5/c1-3-5-7-9-11-13-15-16-17-18-33-36-39-42-46-50-54-58-62-68(73)74-63-59-55-51-47-43-40-37-34-31-29-27-25-23-21-19-20-22-24-26-28-30-32-35-38-41-45-49-53-57-61-67(72)69-65(64-70)66(71)60-56-52-48-44-14-12-10-8-6-4-2/h17-18,56,60,65-66,70-71H,3-16,19-55,57-59,61-64H2,1-2H3,(H,69,72)/b18-17-,60-56+. The molecule has 0 saturated carbocycles. The molecule has 0 saturated heterocycles. The van der Waals surface area contributed by atoms with Crippen LogP contribution in [0.15, 0.2) is 24.3 Å². The van der Waals surface area contributed by atoms with Crippen molar-refractivity contribution < 1.29 is 24.5 Å². The van der Waals surface area contributed by atoms with E-state index in [1.54, 1.807) is 6.08 Å². The second-order valence-corrected chi connectivity index (χ2v) is 23.2. The van der Waals surface area contributed by atoms with Crippen molar-refractivity contribution in [3.05, 3.63) is 24.3 Å². The molecular weight excluding hydrogens is 911 g/mol. The second-order valence-electron chi connectivity index (χ2n) is 23.2. The molecule has 0 aromatic heterocycles. The van der Waals surface area contributed by atoms with Crippen LogP contribution in [0.2, 0.25) is 0 Å². The number of esters is 1. The number of nitrogens with one attached hydrogen (secondary N) is 1. The van der Waals surface area contributed by atoms with E-state index in [9.17, 15) is 19.8 Å². The van der Waals surface area contributed by atoms with Gasteiger partial charge in [0.2, 0.25) is 5.91 Å². The first-order valence-electron chi connectivity index (χ1n) is 33.6. The third kappa shape index (κ3) is 59.6. The summed E-state index contributed by atoms with van der Waals surface area (Å²) in [7, 11) is 0. The summed E-state index contributed by atoms with van der Waals surface area (Å²) in [5.74, 6) is -0.0484. The van der Waals surface area contributed by atoms with Crippen molar-refractivity contribution in [1.29, 1.82) is 0 Å². The Labute approximate surface area is 462 Å². The summed E-state index contributed by atoms with van der Waals surface area (Å²) in [6.07, 6.45) is 79.7. The summed E-state index contributed by atoms with van der Waals surface area (Å²) in [6, 6.07) is -0.623. The summed E-state index contributed by atoms with van der Waals surface area (Å²) in [6.45, 7) is 4.91. The summed E-state index contributed by atoms with van der Waals surface area (Å²) >= 11 is 0. The van der Waals surface area contributed by atoms with Crippen molar-refractivity contribution in [1.82, 2.24) is 5.32 Å². The zero-order valence-electron chi connectivity index (χ0n) is 50.1. The maximum atomic E-state index is 12.4. The lowest BCUT2D eigenvalue weighted by Gasteiger charge is -2.20. The Hall–Kier alpha value is -1.66. The highest BCUT2D eigenvalue weighted by molar-refractivity contribution is 5.76. The molecule has 0 rings (SSSR count). The Morgan fingerprint density at radius 3 is 0.959 bits per heavy atom. The molecule has 3 N–H and O–H groups in total. The number of carbonyl (C=O) groups is 2. The van der Waals surface area contributed by atoms with Gasteiger partial charge >= 0.3 is 5.97 Å². The molecule has 2 atom stereocenters. The van der Waals surface area contributed by atoms with Gasteiger partial charge in [-0.1, -0.05) is 327 Å². The SMILES string of the molecule is CCCCCCCCC/C=C\CCCCCCCCCC(=O)OCCCCCCCCCCCCCCCCCCCCCCCCCCCCCCCC(=O)NC(CO)C(O)/C=C/CCCCCCCCCC. The Morgan fingerprint density at radius 2 is 0.635 bits per heavy atom. The Kier molecular flexibility index (Phi) is 62.4. The average Bonchev–Trinajstić information content (AvgIpc) is 3.40. The van der Waals surface area contributed by atoms with Crippen molar-refractivity contribution >= 4 is 11.9 Å². The Balaban J connectivity index is 3.31. The third-order valence-corrected chi connectivity index (χ3v) is 15.7. The zero-order valence-corrected chi connectivity index (χ0v) is 50.1. The lowest BCUT2D eigenvalue weighted by molar-refractivity contribution is -0.143. The number of hydrogen-bond acceptors (Lipinski definition) is 5. The maximum absolute atomic E-state index is 12.4. The van der Waals surface area contributed by atoms with E-state index in [1.165, 1.54) is 302 Å². The minimum atomic E-state index is -0.839. The highest BCUT2D eigenvalue weighted by Gasteiger charge is 2.18. The maximum Gasteiger partial charge on any atom is 0.305 e. The lowest BCUT2D eigenvalue weighted by Crippen LogP contribution is -2.45. The topological polar surface area (TPSA) is 95.9 Å². The minimum absolute atomic E-state index is 0.0166. The molecule has 0 fully saturated rings. The van der Waals surface area contributed by atoms with Crippen LogP contribution in [0, 0.1) is 0 Å². The van der Waals surface area contributed by atoms with E-state index in [1.807, 2.05) is 6.08 Å². The van der Waals surface area contributed by atoms with E-state index in [2.05, 4.69) is 31.3 Å². The number of aliphatic hydroxyl groups is 2. The number of allylic oxidation sites excluding steroid dienone is 3. The largest absolute Gasteiger partial charge is 0.466 e. The molecule has 0 aliphatic carbocycles. The molecule has 1 amide bonds. The van der Waals surface area contributed by atoms with Crippen LogP contribution in [-0.2, 0) is 14.3 Å². The predicted molar refractivity (Wildman–Crippen MR) is 324 cm³/mol. The first kappa shape index (κ1) is 72.3. The van der Waals surface area contributed by atoms with Crippen LogP contribution in [0.5, 0.6) is 0 Å². The van der Waals surface area contributed by atoms with E-state index >= 15 is 0 Å². The quantitative estimate of drug-likeness (QED) is 0.0320. The van der Waals surface area contributed by atoms with E-state index in [0.29, 0.717) is 19.4 Å². The van der Waals surface area contributed by atoms with Crippen molar-refractivity contribution in [2.45, 2.75) is 386 Å². The smallest absolute Gasteiger partial charge is 0.305 e. The molecule has 0 aromatic carbocycles. The van der Waals surface area contributed by atoms with Gasteiger partial charge in [-0.05, 0) is 57.8 Å². The summed E-state index contributed by atoms with van der Waals surface area (Å²) in [4.78, 5) is 24.5. The number of aliphatic hydroxyl groups excluding tert-OH is 2. The van der Waals surface area contributed by atoms with Gasteiger partial charge in [-0.15, -0.1) is 0 Å². The monoisotopic (exact) mass is 1040 g/mol. The van der Waals surface area contributed by atoms with Gasteiger partial charge in [0.15, 0.2) is 0 Å². The summed E-state index contributed by atoms with van der Waals surface area (Å²) in [5.41, 5.74) is 0. The van der Waals surface area contributed by atoms with E-state index in [4.69, 9.17) is 4.74 Å². The molecule has 74 heavy (non-hydrogen) atoms. The molecule has 0 spiro atoms. The van der Waals surface area contributed by atoms with Gasteiger partial charge in [0, 0.05) is 12.8 Å². The van der Waals surface area contributed by atoms with Crippen LogP contribution in [0.25, 0.3) is 0 Å². The molecule has 0 heterocycles. The molecule has 438 valence electrons. The fraction of sp³-hybridized carbons (Fsp3) is 0.912. The molecule has 0 aliphatic heterocycles. The van der Waals surface area contributed by atoms with Crippen molar-refractivity contribution in [2.75, 3.05) is 13.2 Å². The lowest BCUT2D eigenvalue weighted by atomic mass is 10.0. The van der Waals surface area contributed by atoms with Crippen LogP contribution < -0.4 is 5.32 Å². The fourth-order valence-electron chi connectivity index (χ4n) is 10.6. The van der Waals surface area contributed by atoms with Gasteiger partial charge in [0.1, 0.15) is 0 Å². The Morgan fingerprint density at radius 1 is 0.365 bits per heavy atom. The van der Waals surface area contributed by atoms with Crippen molar-refractivity contribution in [3.8, 4) is 0 Å². The van der Waals surface area contributed by atoms with Gasteiger partial charge in [0.25, 0.3) is 0 Å². The van der Waals surface area contributed by atoms with Gasteiger partial charge in [0.05, 0.1) is 25.4 Å². The number of carbonyl (C=O) groups excluding carboxylic acids is 2. The molecule has 6 heteroatoms. The molecule has 0 bridgehead atoms. The van der Waals surface area contributed by atoms with Crippen LogP contribution in [0.3, 0.4) is 0 Å². The number of rotatable bonds is 63. The molecule has 0 radical (unpaired) electrons. The molecule has 6 nitrogen and oxygen atoms in total. The number of hydrogen-bond donors (Lipinski definition) is 3. The Bertz CT molecular complexity index is 1150. The van der Waals surface area contributed by atoms with Gasteiger partial charge in [-0.2, -0.15) is 0 Å². The second kappa shape index (κ2) is 63.9. The highest BCUT2D eigenvalue weighted by atomic mass is 16.5. The zero-order chi connectivity index (χ0) is 53.6. The van der Waals surface area contributed by atoms with Crippen LogP contribution >= 0.6 is 0 Å². The van der Waals surface area contributed by atoms with Crippen molar-refractivity contribution in [3.63, 3.8) is 0 Å². The van der Waals surface area contributed by atoms with Gasteiger partial charge < -0.3 is 20.3 Å². The van der Waals surface area contributed by atoms with Crippen molar-refractivity contribution in [2.24, 2.45) is 0 Å². The third-order valence-electron chi connectivity index (χ3n) is 15.7. The number of ether oxygens (including phenoxy) is 1. The van der Waals surface area contributed by atoms with Gasteiger partial charge in [-0.3, -0.25) is 9.59 Å². The molecule has 2 unspecified atom stereocenters. The predicted octanol–water partition coefficient (Wildman–Crippen LogP) is 21.4. The average molecular weight is 1040 g/mol. The highest BCUT2D eigenvalue weighted by Crippen LogP contribution is 2.18. The van der Waals surface area contributed by atoms with E-state index in [0.717, 1.165) is 44.9 Å². The molecular formula is C68H131NO5.